The number of carbonyl (C=O) groups excluding carboxylic acids is 3. The quantitative estimate of drug-likeness (QED) is 0.829. The molecule has 6 nitrogen and oxygen atoms in total. The number of thiophene rings is 1. The highest BCUT2D eigenvalue weighted by molar-refractivity contribution is 7.17. The average Bonchev–Trinajstić information content (AvgIpc) is 3.00. The summed E-state index contributed by atoms with van der Waals surface area (Å²) in [7, 11) is 0. The van der Waals surface area contributed by atoms with Crippen LogP contribution in [0.3, 0.4) is 0 Å². The molecule has 1 aliphatic rings. The number of halogens is 1. The third-order valence-electron chi connectivity index (χ3n) is 4.22. The fourth-order valence-corrected chi connectivity index (χ4v) is 4.27. The highest BCUT2D eigenvalue weighted by Gasteiger charge is 2.27. The second kappa shape index (κ2) is 8.30. The zero-order valence-corrected chi connectivity index (χ0v) is 15.6. The second-order valence-corrected chi connectivity index (χ2v) is 7.16. The van der Waals surface area contributed by atoms with E-state index in [-0.39, 0.29) is 12.2 Å². The largest absolute Gasteiger partial charge is 0.450 e. The number of alkyl carbamates (subject to hydrolysis) is 1. The lowest BCUT2D eigenvalue weighted by atomic mass is 9.95. The van der Waals surface area contributed by atoms with Gasteiger partial charge in [-0.15, -0.1) is 11.3 Å². The maximum absolute atomic E-state index is 13.1. The van der Waals surface area contributed by atoms with Gasteiger partial charge in [0.1, 0.15) is 10.8 Å². The standard InChI is InChI=1S/C19H19FN2O4S/c1-2-26-19(25)22-17(24)15-13-5-3-4-6-14(13)27-18(15)21-16(23)11-7-9-12(20)10-8-11/h7-10H,2-6H2,1H3,(H,21,23)(H,22,24,25). The molecule has 1 aromatic heterocycles. The van der Waals surface area contributed by atoms with E-state index in [1.807, 2.05) is 0 Å². The van der Waals surface area contributed by atoms with Crippen LogP contribution < -0.4 is 10.6 Å². The summed E-state index contributed by atoms with van der Waals surface area (Å²) in [5.41, 5.74) is 1.44. The minimum Gasteiger partial charge on any atom is -0.450 e. The number of fused-ring (bicyclic) bond motifs is 1. The van der Waals surface area contributed by atoms with Crippen LogP contribution in [0.15, 0.2) is 24.3 Å². The van der Waals surface area contributed by atoms with Crippen molar-refractivity contribution in [3.8, 4) is 0 Å². The van der Waals surface area contributed by atoms with Crippen molar-refractivity contribution in [2.24, 2.45) is 0 Å². The van der Waals surface area contributed by atoms with Gasteiger partial charge in [-0.05, 0) is 62.4 Å². The van der Waals surface area contributed by atoms with E-state index >= 15 is 0 Å². The van der Waals surface area contributed by atoms with Crippen LogP contribution in [-0.4, -0.2) is 24.5 Å². The van der Waals surface area contributed by atoms with Gasteiger partial charge in [0, 0.05) is 10.4 Å². The van der Waals surface area contributed by atoms with E-state index in [0.717, 1.165) is 29.7 Å². The zero-order valence-electron chi connectivity index (χ0n) is 14.8. The minimum absolute atomic E-state index is 0.148. The van der Waals surface area contributed by atoms with E-state index in [2.05, 4.69) is 10.6 Å². The normalized spacial score (nSPS) is 12.8. The fourth-order valence-electron chi connectivity index (χ4n) is 2.99. The summed E-state index contributed by atoms with van der Waals surface area (Å²) >= 11 is 1.34. The first-order valence-electron chi connectivity index (χ1n) is 8.69. The van der Waals surface area contributed by atoms with Gasteiger partial charge in [-0.2, -0.15) is 0 Å². The molecule has 0 radical (unpaired) electrons. The smallest absolute Gasteiger partial charge is 0.414 e. The minimum atomic E-state index is -0.825. The molecule has 8 heteroatoms. The molecule has 3 amide bonds. The molecule has 3 rings (SSSR count). The summed E-state index contributed by atoms with van der Waals surface area (Å²) in [6.45, 7) is 1.79. The van der Waals surface area contributed by atoms with Gasteiger partial charge in [0.2, 0.25) is 0 Å². The van der Waals surface area contributed by atoms with Crippen LogP contribution in [0.25, 0.3) is 0 Å². The summed E-state index contributed by atoms with van der Waals surface area (Å²) in [5.74, 6) is -1.48. The molecule has 2 aromatic rings. The van der Waals surface area contributed by atoms with Gasteiger partial charge in [-0.3, -0.25) is 14.9 Å². The van der Waals surface area contributed by atoms with E-state index in [9.17, 15) is 18.8 Å². The molecule has 27 heavy (non-hydrogen) atoms. The number of ether oxygens (including phenoxy) is 1. The number of benzene rings is 1. The van der Waals surface area contributed by atoms with Crippen LogP contribution in [0.4, 0.5) is 14.2 Å². The van der Waals surface area contributed by atoms with E-state index < -0.39 is 23.7 Å². The summed E-state index contributed by atoms with van der Waals surface area (Å²) in [6.07, 6.45) is 2.66. The predicted molar refractivity (Wildman–Crippen MR) is 99.8 cm³/mol. The summed E-state index contributed by atoms with van der Waals surface area (Å²) in [5, 5.41) is 5.32. The van der Waals surface area contributed by atoms with Crippen LogP contribution in [-0.2, 0) is 17.6 Å². The van der Waals surface area contributed by atoms with Crippen LogP contribution >= 0.6 is 11.3 Å². The molecule has 2 N–H and O–H groups in total. The molecule has 0 fully saturated rings. The van der Waals surface area contributed by atoms with Gasteiger partial charge in [-0.25, -0.2) is 9.18 Å². The third-order valence-corrected chi connectivity index (χ3v) is 5.43. The molecule has 1 aromatic carbocycles. The lowest BCUT2D eigenvalue weighted by Crippen LogP contribution is -2.32. The first-order valence-corrected chi connectivity index (χ1v) is 9.50. The van der Waals surface area contributed by atoms with Crippen molar-refractivity contribution in [2.45, 2.75) is 32.6 Å². The molecule has 142 valence electrons. The maximum Gasteiger partial charge on any atom is 0.414 e. The van der Waals surface area contributed by atoms with Crippen molar-refractivity contribution in [1.29, 1.82) is 0 Å². The molecule has 0 bridgehead atoms. The number of aryl methyl sites for hydroxylation is 1. The summed E-state index contributed by atoms with van der Waals surface area (Å²) in [4.78, 5) is 37.8. The Balaban J connectivity index is 1.88. The topological polar surface area (TPSA) is 84.5 Å². The lowest BCUT2D eigenvalue weighted by molar-refractivity contribution is 0.0925. The second-order valence-electron chi connectivity index (χ2n) is 6.05. The van der Waals surface area contributed by atoms with Crippen LogP contribution in [0, 0.1) is 5.82 Å². The number of nitrogens with one attached hydrogen (secondary N) is 2. The number of hydrogen-bond acceptors (Lipinski definition) is 5. The monoisotopic (exact) mass is 390 g/mol. The molecule has 0 atom stereocenters. The number of amides is 3. The highest BCUT2D eigenvalue weighted by Crippen LogP contribution is 2.38. The van der Waals surface area contributed by atoms with Gasteiger partial charge in [0.05, 0.1) is 12.2 Å². The third kappa shape index (κ3) is 4.33. The Labute approximate surface area is 159 Å². The van der Waals surface area contributed by atoms with Crippen LogP contribution in [0.2, 0.25) is 0 Å². The van der Waals surface area contributed by atoms with E-state index in [1.165, 1.54) is 35.6 Å². The molecule has 0 spiro atoms. The SMILES string of the molecule is CCOC(=O)NC(=O)c1c(NC(=O)c2ccc(F)cc2)sc2c1CCCC2. The molecule has 1 heterocycles. The molecule has 0 saturated heterocycles. The molecular weight excluding hydrogens is 371 g/mol. The molecule has 0 aliphatic heterocycles. The first-order chi connectivity index (χ1) is 13.0. The molecular formula is C19H19FN2O4S. The van der Waals surface area contributed by atoms with Crippen molar-refractivity contribution >= 4 is 34.2 Å². The van der Waals surface area contributed by atoms with Crippen molar-refractivity contribution in [2.75, 3.05) is 11.9 Å². The Morgan fingerprint density at radius 1 is 1.11 bits per heavy atom. The predicted octanol–water partition coefficient (Wildman–Crippen LogP) is 3.90. The van der Waals surface area contributed by atoms with Crippen molar-refractivity contribution in [3.05, 3.63) is 51.7 Å². The van der Waals surface area contributed by atoms with Gasteiger partial charge < -0.3 is 10.1 Å². The fraction of sp³-hybridized carbons (Fsp3) is 0.316. The maximum atomic E-state index is 13.1. The van der Waals surface area contributed by atoms with E-state index in [0.29, 0.717) is 17.0 Å². The number of hydrogen-bond donors (Lipinski definition) is 2. The number of rotatable bonds is 4. The Hall–Kier alpha value is -2.74. The first kappa shape index (κ1) is 19.0. The van der Waals surface area contributed by atoms with E-state index in [1.54, 1.807) is 6.92 Å². The Morgan fingerprint density at radius 2 is 1.81 bits per heavy atom. The molecule has 0 saturated carbocycles. The lowest BCUT2D eigenvalue weighted by Gasteiger charge is -2.13. The van der Waals surface area contributed by atoms with Crippen molar-refractivity contribution in [3.63, 3.8) is 0 Å². The van der Waals surface area contributed by atoms with Crippen LogP contribution in [0.5, 0.6) is 0 Å². The highest BCUT2D eigenvalue weighted by atomic mass is 32.1. The Kier molecular flexibility index (Phi) is 5.85. The average molecular weight is 390 g/mol. The van der Waals surface area contributed by atoms with Crippen LogP contribution in [0.1, 0.15) is 50.9 Å². The van der Waals surface area contributed by atoms with Gasteiger partial charge in [-0.1, -0.05) is 0 Å². The Bertz CT molecular complexity index is 877. The zero-order chi connectivity index (χ0) is 19.4. The molecule has 1 aliphatic carbocycles. The van der Waals surface area contributed by atoms with Crippen molar-refractivity contribution < 1.29 is 23.5 Å². The summed E-state index contributed by atoms with van der Waals surface area (Å²) < 4.78 is 17.8. The number of carbonyl (C=O) groups is 3. The van der Waals surface area contributed by atoms with E-state index in [4.69, 9.17) is 4.74 Å². The summed E-state index contributed by atoms with van der Waals surface area (Å²) in [6, 6.07) is 5.14. The van der Waals surface area contributed by atoms with Crippen molar-refractivity contribution in [1.82, 2.24) is 5.32 Å². The molecule has 0 unspecified atom stereocenters. The number of imide groups is 1. The number of anilines is 1. The Morgan fingerprint density at radius 3 is 2.52 bits per heavy atom. The van der Waals surface area contributed by atoms with Gasteiger partial charge >= 0.3 is 6.09 Å². The van der Waals surface area contributed by atoms with Gasteiger partial charge in [0.25, 0.3) is 11.8 Å². The van der Waals surface area contributed by atoms with Gasteiger partial charge in [0.15, 0.2) is 0 Å².